The molecular formula is C30H30N4O3. The van der Waals surface area contributed by atoms with E-state index in [4.69, 9.17) is 9.84 Å². The molecule has 0 bridgehead atoms. The summed E-state index contributed by atoms with van der Waals surface area (Å²) in [6.45, 7) is 8.42. The Morgan fingerprint density at radius 2 is 1.81 bits per heavy atom. The number of amides is 2. The van der Waals surface area contributed by atoms with Crippen molar-refractivity contribution in [3.8, 4) is 28.8 Å². The molecule has 7 nitrogen and oxygen atoms in total. The number of unbranched alkanes of at least 4 members (excludes halogenated alkanes) is 1. The molecule has 188 valence electrons. The first-order chi connectivity index (χ1) is 17.9. The Kier molecular flexibility index (Phi) is 7.69. The van der Waals surface area contributed by atoms with E-state index in [0.717, 1.165) is 29.0 Å². The predicted octanol–water partition coefficient (Wildman–Crippen LogP) is 5.64. The van der Waals surface area contributed by atoms with Gasteiger partial charge >= 0.3 is 0 Å². The lowest BCUT2D eigenvalue weighted by Crippen LogP contribution is -2.43. The van der Waals surface area contributed by atoms with Crippen LogP contribution >= 0.6 is 0 Å². The van der Waals surface area contributed by atoms with Gasteiger partial charge in [-0.05, 0) is 74.7 Å². The van der Waals surface area contributed by atoms with Crippen LogP contribution in [0.2, 0.25) is 0 Å². The van der Waals surface area contributed by atoms with Gasteiger partial charge in [0.25, 0.3) is 11.8 Å². The normalized spacial score (nSPS) is 14.9. The number of hydrogen-bond acceptors (Lipinski definition) is 5. The van der Waals surface area contributed by atoms with Gasteiger partial charge in [0.15, 0.2) is 0 Å². The molecule has 0 fully saturated rings. The average molecular weight is 495 g/mol. The number of nitrogens with zero attached hydrogens (tertiary/aromatic N) is 4. The maximum Gasteiger partial charge on any atom is 0.271 e. The van der Waals surface area contributed by atoms with E-state index in [9.17, 15) is 14.9 Å². The molecule has 0 spiro atoms. The van der Waals surface area contributed by atoms with Crippen molar-refractivity contribution in [2.75, 3.05) is 13.2 Å². The Hall–Kier alpha value is -4.44. The molecule has 2 heterocycles. The third-order valence-electron chi connectivity index (χ3n) is 6.39. The maximum atomic E-state index is 13.5. The zero-order valence-electron chi connectivity index (χ0n) is 21.6. The van der Waals surface area contributed by atoms with Crippen molar-refractivity contribution in [1.29, 1.82) is 5.26 Å². The number of aryl methyl sites for hydroxylation is 1. The number of aromatic nitrogens is 2. The Labute approximate surface area is 217 Å². The van der Waals surface area contributed by atoms with Gasteiger partial charge in [0, 0.05) is 29.4 Å². The minimum absolute atomic E-state index is 0.00352. The van der Waals surface area contributed by atoms with Gasteiger partial charge in [-0.3, -0.25) is 14.5 Å². The fourth-order valence-electron chi connectivity index (χ4n) is 4.38. The minimum Gasteiger partial charge on any atom is -0.494 e. The van der Waals surface area contributed by atoms with Crippen LogP contribution in [0.15, 0.2) is 71.4 Å². The van der Waals surface area contributed by atoms with E-state index < -0.39 is 11.8 Å². The van der Waals surface area contributed by atoms with Gasteiger partial charge in [0.2, 0.25) is 0 Å². The fourth-order valence-corrected chi connectivity index (χ4v) is 4.38. The van der Waals surface area contributed by atoms with Crippen LogP contribution in [-0.2, 0) is 9.59 Å². The molecule has 37 heavy (non-hydrogen) atoms. The van der Waals surface area contributed by atoms with Crippen LogP contribution in [0.5, 0.6) is 5.75 Å². The lowest BCUT2D eigenvalue weighted by atomic mass is 9.92. The molecule has 1 aromatic heterocycles. The number of imide groups is 1. The zero-order chi connectivity index (χ0) is 26.5. The summed E-state index contributed by atoms with van der Waals surface area (Å²) in [7, 11) is 0. The summed E-state index contributed by atoms with van der Waals surface area (Å²) in [5.41, 5.74) is 4.84. The summed E-state index contributed by atoms with van der Waals surface area (Å²) in [5.74, 6) is -0.147. The fraction of sp³-hybridized carbons (Fsp3) is 0.267. The second-order valence-corrected chi connectivity index (χ2v) is 8.91. The molecular weight excluding hydrogens is 464 g/mol. The van der Waals surface area contributed by atoms with E-state index in [-0.39, 0.29) is 12.1 Å². The molecule has 0 radical (unpaired) electrons. The van der Waals surface area contributed by atoms with E-state index in [1.807, 2.05) is 81.6 Å². The molecule has 0 saturated carbocycles. The Balaban J connectivity index is 1.90. The number of ether oxygens (including phenoxy) is 1. The smallest absolute Gasteiger partial charge is 0.271 e. The molecule has 0 atom stereocenters. The first-order valence-corrected chi connectivity index (χ1v) is 12.5. The lowest BCUT2D eigenvalue weighted by molar-refractivity contribution is -0.140. The zero-order valence-corrected chi connectivity index (χ0v) is 21.6. The number of carbonyl (C=O) groups excluding carboxylic acids is 2. The third-order valence-corrected chi connectivity index (χ3v) is 6.39. The molecule has 2 aromatic carbocycles. The molecule has 3 aromatic rings. The van der Waals surface area contributed by atoms with Crippen LogP contribution in [0.1, 0.15) is 44.7 Å². The van der Waals surface area contributed by atoms with Crippen molar-refractivity contribution < 1.29 is 14.3 Å². The van der Waals surface area contributed by atoms with Crippen molar-refractivity contribution in [2.24, 2.45) is 0 Å². The van der Waals surface area contributed by atoms with Gasteiger partial charge in [-0.25, -0.2) is 4.68 Å². The number of hydrogen-bond donors (Lipinski definition) is 0. The summed E-state index contributed by atoms with van der Waals surface area (Å²) in [6, 6.07) is 17.6. The highest BCUT2D eigenvalue weighted by molar-refractivity contribution is 6.19. The van der Waals surface area contributed by atoms with E-state index in [1.54, 1.807) is 17.7 Å². The number of rotatable bonds is 8. The first kappa shape index (κ1) is 25.6. The standard InChI is InChI=1S/C30H30N4O3/c1-5-7-15-33-29(35)26(21(4)27(18-31)30(33)36)17-22-19-34(23-11-9-8-10-12-23)32-28(22)25-14-13-24(37-6-2)16-20(25)3/h8-14,16-17,19H,5-7,15H2,1-4H3/b26-17+. The van der Waals surface area contributed by atoms with Gasteiger partial charge in [-0.15, -0.1) is 0 Å². The first-order valence-electron chi connectivity index (χ1n) is 12.5. The second kappa shape index (κ2) is 11.1. The highest BCUT2D eigenvalue weighted by Crippen LogP contribution is 2.33. The quantitative estimate of drug-likeness (QED) is 0.299. The highest BCUT2D eigenvalue weighted by atomic mass is 16.5. The number of benzene rings is 2. The molecule has 0 unspecified atom stereocenters. The van der Waals surface area contributed by atoms with Crippen LogP contribution in [0.25, 0.3) is 23.0 Å². The maximum absolute atomic E-state index is 13.5. The predicted molar refractivity (Wildman–Crippen MR) is 143 cm³/mol. The van der Waals surface area contributed by atoms with E-state index >= 15 is 0 Å². The molecule has 4 rings (SSSR count). The van der Waals surface area contributed by atoms with E-state index in [0.29, 0.717) is 35.4 Å². The van der Waals surface area contributed by atoms with E-state index in [1.165, 1.54) is 4.90 Å². The molecule has 7 heteroatoms. The van der Waals surface area contributed by atoms with Crippen LogP contribution in [0.4, 0.5) is 0 Å². The van der Waals surface area contributed by atoms with Gasteiger partial charge in [-0.2, -0.15) is 10.4 Å². The SMILES string of the molecule is CCCCN1C(=O)C(C#N)=C(C)/C(=C\c2cn(-c3ccccc3)nc2-c2ccc(OCC)cc2C)C1=O. The van der Waals surface area contributed by atoms with E-state index in [2.05, 4.69) is 0 Å². The average Bonchev–Trinajstić information content (AvgIpc) is 3.31. The third kappa shape index (κ3) is 5.10. The largest absolute Gasteiger partial charge is 0.494 e. The van der Waals surface area contributed by atoms with Gasteiger partial charge < -0.3 is 4.74 Å². The summed E-state index contributed by atoms with van der Waals surface area (Å²) < 4.78 is 7.43. The molecule has 1 aliphatic heterocycles. The van der Waals surface area contributed by atoms with Crippen LogP contribution in [0.3, 0.4) is 0 Å². The summed E-state index contributed by atoms with van der Waals surface area (Å²) >= 11 is 0. The Morgan fingerprint density at radius 3 is 2.46 bits per heavy atom. The lowest BCUT2D eigenvalue weighted by Gasteiger charge is -2.27. The Bertz CT molecular complexity index is 1440. The molecule has 0 aliphatic carbocycles. The molecule has 2 amide bonds. The number of carbonyl (C=O) groups is 2. The van der Waals surface area contributed by atoms with Crippen molar-refractivity contribution >= 4 is 17.9 Å². The minimum atomic E-state index is -0.529. The van der Waals surface area contributed by atoms with Crippen molar-refractivity contribution in [2.45, 2.75) is 40.5 Å². The highest BCUT2D eigenvalue weighted by Gasteiger charge is 2.35. The van der Waals surface area contributed by atoms with Crippen LogP contribution in [0, 0.1) is 18.3 Å². The topological polar surface area (TPSA) is 88.2 Å². The summed E-state index contributed by atoms with van der Waals surface area (Å²) in [5, 5.41) is 14.6. The number of para-hydroxylation sites is 1. The molecule has 1 aliphatic rings. The van der Waals surface area contributed by atoms with Crippen molar-refractivity contribution in [3.63, 3.8) is 0 Å². The molecule has 0 N–H and O–H groups in total. The van der Waals surface area contributed by atoms with Gasteiger partial charge in [0.05, 0.1) is 12.3 Å². The van der Waals surface area contributed by atoms with Crippen molar-refractivity contribution in [3.05, 3.63) is 82.6 Å². The van der Waals surface area contributed by atoms with Crippen LogP contribution < -0.4 is 4.74 Å². The summed E-state index contributed by atoms with van der Waals surface area (Å²) in [4.78, 5) is 27.5. The van der Waals surface area contributed by atoms with Gasteiger partial charge in [-0.1, -0.05) is 31.5 Å². The second-order valence-electron chi connectivity index (χ2n) is 8.91. The molecule has 0 saturated heterocycles. The number of nitriles is 1. The summed E-state index contributed by atoms with van der Waals surface area (Å²) in [6.07, 6.45) is 5.11. The Morgan fingerprint density at radius 1 is 1.05 bits per heavy atom. The van der Waals surface area contributed by atoms with Crippen molar-refractivity contribution in [1.82, 2.24) is 14.7 Å². The van der Waals surface area contributed by atoms with Crippen LogP contribution in [-0.4, -0.2) is 39.6 Å². The van der Waals surface area contributed by atoms with Gasteiger partial charge in [0.1, 0.15) is 23.1 Å². The monoisotopic (exact) mass is 494 g/mol.